The first-order valence-corrected chi connectivity index (χ1v) is 8.53. The van der Waals surface area contributed by atoms with Gasteiger partial charge in [0.15, 0.2) is 0 Å². The van der Waals surface area contributed by atoms with E-state index >= 15 is 0 Å². The Morgan fingerprint density at radius 2 is 1.80 bits per heavy atom. The second-order valence-corrected chi connectivity index (χ2v) is 6.78. The maximum Gasteiger partial charge on any atom is 0.136 e. The highest BCUT2D eigenvalue weighted by atomic mass is 32.1. The first-order valence-electron chi connectivity index (χ1n) is 7.71. The number of hydrogen-bond acceptors (Lipinski definition) is 3. The van der Waals surface area contributed by atoms with Crippen LogP contribution in [-0.4, -0.2) is 24.3 Å². The number of nitriles is 1. The highest BCUT2D eigenvalue weighted by molar-refractivity contribution is 7.16. The average molecular weight is 287 g/mol. The van der Waals surface area contributed by atoms with Gasteiger partial charge in [0.1, 0.15) is 11.1 Å². The molecular weight excluding hydrogens is 266 g/mol. The van der Waals surface area contributed by atoms with Crippen molar-refractivity contribution in [1.82, 2.24) is 4.90 Å². The maximum atomic E-state index is 9.46. The summed E-state index contributed by atoms with van der Waals surface area (Å²) in [6.07, 6.45) is 11.8. The van der Waals surface area contributed by atoms with Gasteiger partial charge in [-0.1, -0.05) is 6.42 Å². The summed E-state index contributed by atoms with van der Waals surface area (Å²) in [7, 11) is 0. The molecule has 2 aliphatic rings. The highest BCUT2D eigenvalue weighted by Gasteiger charge is 2.19. The molecule has 0 saturated carbocycles. The molecule has 0 aromatic carbocycles. The number of rotatable bonds is 2. The molecule has 4 heteroatoms. The zero-order valence-corrected chi connectivity index (χ0v) is 12.7. The summed E-state index contributed by atoms with van der Waals surface area (Å²) < 4.78 is 0. The Kier molecular flexibility index (Phi) is 4.37. The largest absolute Gasteiger partial charge is 0.363 e. The summed E-state index contributed by atoms with van der Waals surface area (Å²) in [5.41, 5.74) is 2.14. The lowest BCUT2D eigenvalue weighted by Crippen LogP contribution is -2.27. The van der Waals surface area contributed by atoms with Crippen LogP contribution >= 0.6 is 11.3 Å². The third-order valence-electron chi connectivity index (χ3n) is 4.24. The third-order valence-corrected chi connectivity index (χ3v) is 5.44. The van der Waals surface area contributed by atoms with Crippen LogP contribution in [0.1, 0.15) is 54.5 Å². The quantitative estimate of drug-likeness (QED) is 0.468. The third kappa shape index (κ3) is 2.88. The number of piperidine rings is 1. The van der Waals surface area contributed by atoms with E-state index in [4.69, 9.17) is 0 Å². The van der Waals surface area contributed by atoms with Gasteiger partial charge >= 0.3 is 0 Å². The van der Waals surface area contributed by atoms with Crippen LogP contribution in [-0.2, 0) is 12.8 Å². The smallest absolute Gasteiger partial charge is 0.136 e. The summed E-state index contributed by atoms with van der Waals surface area (Å²) in [5.74, 6) is 0. The number of fused-ring (bicyclic) bond motifs is 1. The number of likely N-dealkylation sites (tertiary alicyclic amines) is 1. The van der Waals surface area contributed by atoms with Crippen LogP contribution in [0.5, 0.6) is 0 Å². The summed E-state index contributed by atoms with van der Waals surface area (Å²) in [6, 6.07) is 2.40. The molecule has 0 bridgehead atoms. The van der Waals surface area contributed by atoms with Crippen molar-refractivity contribution in [2.75, 3.05) is 13.1 Å². The Morgan fingerprint density at radius 1 is 1.05 bits per heavy atom. The SMILES string of the molecule is N#Cc1c(/N=C/N2CCCCC2)sc2c1CCCCC2. The molecule has 1 aromatic heterocycles. The molecular formula is C16H21N3S. The summed E-state index contributed by atoms with van der Waals surface area (Å²) in [6.45, 7) is 2.22. The lowest BCUT2D eigenvalue weighted by molar-refractivity contribution is 0.351. The molecule has 0 atom stereocenters. The van der Waals surface area contributed by atoms with Crippen LogP contribution in [0.2, 0.25) is 0 Å². The molecule has 2 heterocycles. The van der Waals surface area contributed by atoms with E-state index in [0.717, 1.165) is 36.5 Å². The van der Waals surface area contributed by atoms with Gasteiger partial charge in [-0.3, -0.25) is 0 Å². The molecule has 3 nitrogen and oxygen atoms in total. The van der Waals surface area contributed by atoms with E-state index in [9.17, 15) is 5.26 Å². The fourth-order valence-electron chi connectivity index (χ4n) is 3.10. The molecule has 1 saturated heterocycles. The van der Waals surface area contributed by atoms with Crippen molar-refractivity contribution in [3.8, 4) is 6.07 Å². The first-order chi connectivity index (χ1) is 9.88. The standard InChI is InChI=1S/C16H21N3S/c17-11-14-13-7-3-1-4-8-15(13)20-16(14)18-12-19-9-5-2-6-10-19/h12H,1-10H2/b18-12+. The van der Waals surface area contributed by atoms with Gasteiger partial charge < -0.3 is 4.90 Å². The van der Waals surface area contributed by atoms with Crippen molar-refractivity contribution in [2.24, 2.45) is 4.99 Å². The molecule has 0 N–H and O–H groups in total. The van der Waals surface area contributed by atoms with Gasteiger partial charge in [0.25, 0.3) is 0 Å². The molecule has 0 radical (unpaired) electrons. The molecule has 1 fully saturated rings. The predicted octanol–water partition coefficient (Wildman–Crippen LogP) is 4.03. The van der Waals surface area contributed by atoms with Gasteiger partial charge in [-0.15, -0.1) is 11.3 Å². The summed E-state index contributed by atoms with van der Waals surface area (Å²) in [4.78, 5) is 8.33. The molecule has 0 spiro atoms. The lowest BCUT2D eigenvalue weighted by Gasteiger charge is -2.23. The van der Waals surface area contributed by atoms with E-state index in [1.54, 1.807) is 11.3 Å². The molecule has 106 valence electrons. The van der Waals surface area contributed by atoms with Crippen LogP contribution in [0.4, 0.5) is 5.00 Å². The Labute approximate surface area is 124 Å². The van der Waals surface area contributed by atoms with E-state index in [0.29, 0.717) is 0 Å². The van der Waals surface area contributed by atoms with Gasteiger partial charge in [0.05, 0.1) is 11.9 Å². The molecule has 3 rings (SSSR count). The number of aliphatic imine (C=N–C) groups is 1. The topological polar surface area (TPSA) is 39.4 Å². The monoisotopic (exact) mass is 287 g/mol. The molecule has 1 aromatic rings. The fourth-order valence-corrected chi connectivity index (χ4v) is 4.28. The minimum Gasteiger partial charge on any atom is -0.363 e. The average Bonchev–Trinajstić information content (AvgIpc) is 2.66. The molecule has 1 aliphatic heterocycles. The van der Waals surface area contributed by atoms with Crippen molar-refractivity contribution in [1.29, 1.82) is 5.26 Å². The Balaban J connectivity index is 1.82. The van der Waals surface area contributed by atoms with Gasteiger partial charge in [-0.05, 0) is 50.5 Å². The van der Waals surface area contributed by atoms with Crippen molar-refractivity contribution in [2.45, 2.75) is 51.4 Å². The number of aryl methyl sites for hydroxylation is 1. The molecule has 1 aliphatic carbocycles. The van der Waals surface area contributed by atoms with Gasteiger partial charge in [0, 0.05) is 18.0 Å². The minimum atomic E-state index is 0.847. The Bertz CT molecular complexity index is 533. The van der Waals surface area contributed by atoms with Crippen LogP contribution in [0, 0.1) is 11.3 Å². The van der Waals surface area contributed by atoms with E-state index in [-0.39, 0.29) is 0 Å². The summed E-state index contributed by atoms with van der Waals surface area (Å²) in [5, 5.41) is 10.4. The zero-order valence-electron chi connectivity index (χ0n) is 11.9. The molecule has 20 heavy (non-hydrogen) atoms. The van der Waals surface area contributed by atoms with Gasteiger partial charge in [-0.25, -0.2) is 4.99 Å². The minimum absolute atomic E-state index is 0.847. The van der Waals surface area contributed by atoms with Gasteiger partial charge in [0.2, 0.25) is 0 Å². The number of thiophene rings is 1. The first kappa shape index (κ1) is 13.6. The summed E-state index contributed by atoms with van der Waals surface area (Å²) >= 11 is 1.74. The second-order valence-electron chi connectivity index (χ2n) is 5.70. The Morgan fingerprint density at radius 3 is 2.60 bits per heavy atom. The van der Waals surface area contributed by atoms with E-state index in [1.807, 2.05) is 6.34 Å². The predicted molar refractivity (Wildman–Crippen MR) is 83.9 cm³/mol. The fraction of sp³-hybridized carbons (Fsp3) is 0.625. The van der Waals surface area contributed by atoms with Crippen LogP contribution in [0.15, 0.2) is 4.99 Å². The number of nitrogens with zero attached hydrogens (tertiary/aromatic N) is 3. The van der Waals surface area contributed by atoms with E-state index in [2.05, 4.69) is 16.0 Å². The van der Waals surface area contributed by atoms with Gasteiger partial charge in [-0.2, -0.15) is 5.26 Å². The Hall–Kier alpha value is -1.34. The van der Waals surface area contributed by atoms with Crippen LogP contribution in [0.3, 0.4) is 0 Å². The van der Waals surface area contributed by atoms with Crippen molar-refractivity contribution < 1.29 is 0 Å². The molecule has 0 amide bonds. The normalized spacial score (nSPS) is 19.6. The zero-order chi connectivity index (χ0) is 13.8. The lowest BCUT2D eigenvalue weighted by atomic mass is 10.1. The van der Waals surface area contributed by atoms with Crippen molar-refractivity contribution in [3.63, 3.8) is 0 Å². The van der Waals surface area contributed by atoms with E-state index < -0.39 is 0 Å². The van der Waals surface area contributed by atoms with Crippen molar-refractivity contribution >= 4 is 22.7 Å². The van der Waals surface area contributed by atoms with E-state index in [1.165, 1.54) is 49.0 Å². The van der Waals surface area contributed by atoms with Crippen LogP contribution < -0.4 is 0 Å². The van der Waals surface area contributed by atoms with Crippen molar-refractivity contribution in [3.05, 3.63) is 16.0 Å². The second kappa shape index (κ2) is 6.41. The molecule has 0 unspecified atom stereocenters. The highest BCUT2D eigenvalue weighted by Crippen LogP contribution is 2.38. The maximum absolute atomic E-state index is 9.46. The number of hydrogen-bond donors (Lipinski definition) is 0. The van der Waals surface area contributed by atoms with Crippen LogP contribution in [0.25, 0.3) is 0 Å².